The van der Waals surface area contributed by atoms with Gasteiger partial charge < -0.3 is 15.5 Å². The minimum Gasteiger partial charge on any atom is -0.330 e. The molecule has 1 unspecified atom stereocenters. The van der Waals surface area contributed by atoms with E-state index in [0.717, 1.165) is 19.6 Å². The molecule has 0 spiro atoms. The first-order valence-corrected chi connectivity index (χ1v) is 6.41. The summed E-state index contributed by atoms with van der Waals surface area (Å²) in [7, 11) is 0. The Labute approximate surface area is 94.6 Å². The lowest BCUT2D eigenvalue weighted by Gasteiger charge is -2.26. The van der Waals surface area contributed by atoms with Gasteiger partial charge in [0.2, 0.25) is 0 Å². The summed E-state index contributed by atoms with van der Waals surface area (Å²) in [5.41, 5.74) is 5.66. The lowest BCUT2D eigenvalue weighted by Crippen LogP contribution is -2.37. The van der Waals surface area contributed by atoms with E-state index in [9.17, 15) is 0 Å². The third-order valence-corrected chi connectivity index (χ3v) is 3.35. The van der Waals surface area contributed by atoms with E-state index in [4.69, 9.17) is 5.73 Å². The van der Waals surface area contributed by atoms with Crippen LogP contribution < -0.4 is 5.73 Å². The van der Waals surface area contributed by atoms with Gasteiger partial charge in [-0.15, -0.1) is 0 Å². The van der Waals surface area contributed by atoms with Gasteiger partial charge in [0, 0.05) is 19.6 Å². The first kappa shape index (κ1) is 12.9. The maximum Gasteiger partial charge on any atom is 0.0109 e. The summed E-state index contributed by atoms with van der Waals surface area (Å²) in [6.07, 6.45) is 2.79. The van der Waals surface area contributed by atoms with E-state index < -0.39 is 0 Å². The average molecular weight is 213 g/mol. The van der Waals surface area contributed by atoms with Gasteiger partial charge in [0.1, 0.15) is 0 Å². The van der Waals surface area contributed by atoms with E-state index in [1.165, 1.54) is 39.0 Å². The van der Waals surface area contributed by atoms with Gasteiger partial charge in [0.05, 0.1) is 0 Å². The van der Waals surface area contributed by atoms with Gasteiger partial charge in [-0.3, -0.25) is 0 Å². The molecule has 1 atom stereocenters. The van der Waals surface area contributed by atoms with E-state index in [0.29, 0.717) is 5.92 Å². The van der Waals surface area contributed by atoms with Gasteiger partial charge in [-0.1, -0.05) is 13.8 Å². The molecule has 0 saturated carbocycles. The highest BCUT2D eigenvalue weighted by molar-refractivity contribution is 4.69. The van der Waals surface area contributed by atoms with E-state index >= 15 is 0 Å². The Morgan fingerprint density at radius 1 is 1.33 bits per heavy atom. The smallest absolute Gasteiger partial charge is 0.0109 e. The molecule has 0 aromatic heterocycles. The number of likely N-dealkylation sites (N-methyl/N-ethyl adjacent to an activating group) is 1. The van der Waals surface area contributed by atoms with Crippen molar-refractivity contribution in [2.24, 2.45) is 11.7 Å². The Balaban J connectivity index is 2.14. The summed E-state index contributed by atoms with van der Waals surface area (Å²) < 4.78 is 0. The first-order chi connectivity index (χ1) is 7.26. The normalized spacial score (nSPS) is 20.0. The summed E-state index contributed by atoms with van der Waals surface area (Å²) in [6.45, 7) is 12.7. The van der Waals surface area contributed by atoms with Crippen molar-refractivity contribution in [2.45, 2.75) is 26.7 Å². The molecule has 0 aliphatic carbocycles. The van der Waals surface area contributed by atoms with Crippen molar-refractivity contribution < 1.29 is 0 Å². The molecule has 1 aliphatic heterocycles. The molecular weight excluding hydrogens is 186 g/mol. The Morgan fingerprint density at radius 3 is 2.53 bits per heavy atom. The van der Waals surface area contributed by atoms with Crippen molar-refractivity contribution in [1.29, 1.82) is 0 Å². The van der Waals surface area contributed by atoms with Crippen LogP contribution in [0.5, 0.6) is 0 Å². The van der Waals surface area contributed by atoms with Crippen LogP contribution in [0.25, 0.3) is 0 Å². The van der Waals surface area contributed by atoms with Gasteiger partial charge in [-0.25, -0.2) is 0 Å². The van der Waals surface area contributed by atoms with Crippen LogP contribution in [0.1, 0.15) is 26.7 Å². The molecule has 0 aromatic carbocycles. The van der Waals surface area contributed by atoms with Crippen molar-refractivity contribution >= 4 is 0 Å². The van der Waals surface area contributed by atoms with Crippen LogP contribution in [0.3, 0.4) is 0 Å². The van der Waals surface area contributed by atoms with Crippen LogP contribution in [-0.4, -0.2) is 55.6 Å². The summed E-state index contributed by atoms with van der Waals surface area (Å²) >= 11 is 0. The van der Waals surface area contributed by atoms with Gasteiger partial charge in [0.15, 0.2) is 0 Å². The zero-order valence-corrected chi connectivity index (χ0v) is 10.4. The summed E-state index contributed by atoms with van der Waals surface area (Å²) in [5, 5.41) is 0. The third-order valence-electron chi connectivity index (χ3n) is 3.35. The number of likely N-dealkylation sites (tertiary alicyclic amines) is 1. The first-order valence-electron chi connectivity index (χ1n) is 6.41. The highest BCUT2D eigenvalue weighted by Gasteiger charge is 2.13. The highest BCUT2D eigenvalue weighted by Crippen LogP contribution is 2.07. The van der Waals surface area contributed by atoms with E-state index in [1.807, 2.05) is 0 Å². The monoisotopic (exact) mass is 213 g/mol. The average Bonchev–Trinajstić information content (AvgIpc) is 2.76. The number of hydrogen-bond acceptors (Lipinski definition) is 3. The molecule has 15 heavy (non-hydrogen) atoms. The molecule has 2 N–H and O–H groups in total. The standard InChI is InChI=1S/C12H27N3/c1-3-14(11-12(2)10-13)8-9-15-6-4-5-7-15/h12H,3-11,13H2,1-2H3. The minimum atomic E-state index is 0.628. The van der Waals surface area contributed by atoms with Crippen LogP contribution in [0.15, 0.2) is 0 Å². The highest BCUT2D eigenvalue weighted by atomic mass is 15.2. The molecule has 1 fully saturated rings. The predicted molar refractivity (Wildman–Crippen MR) is 66.0 cm³/mol. The zero-order valence-electron chi connectivity index (χ0n) is 10.4. The lowest BCUT2D eigenvalue weighted by molar-refractivity contribution is 0.212. The summed E-state index contributed by atoms with van der Waals surface area (Å²) in [6, 6.07) is 0. The molecule has 1 saturated heterocycles. The quantitative estimate of drug-likeness (QED) is 0.685. The van der Waals surface area contributed by atoms with Crippen LogP contribution in [0.2, 0.25) is 0 Å². The Hall–Kier alpha value is -0.120. The molecule has 3 nitrogen and oxygen atoms in total. The van der Waals surface area contributed by atoms with Crippen molar-refractivity contribution in [3.05, 3.63) is 0 Å². The fourth-order valence-corrected chi connectivity index (χ4v) is 2.18. The van der Waals surface area contributed by atoms with E-state index in [-0.39, 0.29) is 0 Å². The van der Waals surface area contributed by atoms with Gasteiger partial charge >= 0.3 is 0 Å². The predicted octanol–water partition coefficient (Wildman–Crippen LogP) is 0.999. The van der Waals surface area contributed by atoms with Crippen molar-refractivity contribution in [3.8, 4) is 0 Å². The molecule has 0 amide bonds. The van der Waals surface area contributed by atoms with Gasteiger partial charge in [-0.2, -0.15) is 0 Å². The van der Waals surface area contributed by atoms with Crippen molar-refractivity contribution in [2.75, 3.05) is 45.8 Å². The topological polar surface area (TPSA) is 32.5 Å². The van der Waals surface area contributed by atoms with Gasteiger partial charge in [-0.05, 0) is 44.9 Å². The molecule has 1 rings (SSSR count). The van der Waals surface area contributed by atoms with E-state index in [2.05, 4.69) is 23.6 Å². The second kappa shape index (κ2) is 7.20. The Morgan fingerprint density at radius 2 is 2.00 bits per heavy atom. The Kier molecular flexibility index (Phi) is 6.22. The second-order valence-corrected chi connectivity index (χ2v) is 4.78. The van der Waals surface area contributed by atoms with Crippen molar-refractivity contribution in [1.82, 2.24) is 9.80 Å². The fraction of sp³-hybridized carbons (Fsp3) is 1.00. The van der Waals surface area contributed by atoms with Crippen LogP contribution in [0.4, 0.5) is 0 Å². The number of nitrogens with zero attached hydrogens (tertiary/aromatic N) is 2. The second-order valence-electron chi connectivity index (χ2n) is 4.78. The lowest BCUT2D eigenvalue weighted by atomic mass is 10.1. The molecule has 1 aliphatic rings. The molecule has 3 heteroatoms. The SMILES string of the molecule is CCN(CCN1CCCC1)CC(C)CN. The molecule has 0 radical (unpaired) electrons. The van der Waals surface area contributed by atoms with E-state index in [1.54, 1.807) is 0 Å². The van der Waals surface area contributed by atoms with Crippen LogP contribution in [-0.2, 0) is 0 Å². The molecule has 1 heterocycles. The van der Waals surface area contributed by atoms with Crippen molar-refractivity contribution in [3.63, 3.8) is 0 Å². The zero-order chi connectivity index (χ0) is 11.1. The minimum absolute atomic E-state index is 0.628. The Bertz CT molecular complexity index is 155. The van der Waals surface area contributed by atoms with Gasteiger partial charge in [0.25, 0.3) is 0 Å². The summed E-state index contributed by atoms with van der Waals surface area (Å²) in [5.74, 6) is 0.628. The number of rotatable bonds is 7. The largest absolute Gasteiger partial charge is 0.330 e. The maximum atomic E-state index is 5.66. The molecule has 0 bridgehead atoms. The van der Waals surface area contributed by atoms with Crippen LogP contribution >= 0.6 is 0 Å². The molecule has 90 valence electrons. The van der Waals surface area contributed by atoms with Crippen LogP contribution in [0, 0.1) is 5.92 Å². The maximum absolute atomic E-state index is 5.66. The summed E-state index contributed by atoms with van der Waals surface area (Å²) in [4.78, 5) is 5.10. The number of hydrogen-bond donors (Lipinski definition) is 1. The third kappa shape index (κ3) is 4.96. The molecular formula is C12H27N3. The number of nitrogens with two attached hydrogens (primary N) is 1. The molecule has 0 aromatic rings. The fourth-order valence-electron chi connectivity index (χ4n) is 2.18.